The lowest BCUT2D eigenvalue weighted by atomic mass is 10.1. The Kier molecular flexibility index (Phi) is 4.08. The lowest BCUT2D eigenvalue weighted by Gasteiger charge is -2.10. The van der Waals surface area contributed by atoms with Gasteiger partial charge in [-0.05, 0) is 65.1 Å². The van der Waals surface area contributed by atoms with E-state index in [0.29, 0.717) is 10.7 Å². The molecule has 0 aromatic heterocycles. The summed E-state index contributed by atoms with van der Waals surface area (Å²) in [6.45, 7) is 0. The number of rotatable bonds is 3. The second-order valence-electron chi connectivity index (χ2n) is 3.63. The van der Waals surface area contributed by atoms with Crippen LogP contribution in [0, 0.1) is 3.57 Å². The van der Waals surface area contributed by atoms with E-state index in [1.807, 2.05) is 24.3 Å². The molecule has 2 aromatic carbocycles. The molecule has 2 aromatic rings. The van der Waals surface area contributed by atoms with Crippen molar-refractivity contribution in [1.29, 1.82) is 0 Å². The molecule has 0 saturated carbocycles. The van der Waals surface area contributed by atoms with Crippen molar-refractivity contribution in [3.05, 3.63) is 56.6 Å². The number of halogens is 2. The van der Waals surface area contributed by atoms with Crippen molar-refractivity contribution in [3.8, 4) is 0 Å². The maximum Gasteiger partial charge on any atom is 0.337 e. The number of benzene rings is 2. The molecule has 18 heavy (non-hydrogen) atoms. The average molecular weight is 374 g/mol. The third kappa shape index (κ3) is 3.14. The van der Waals surface area contributed by atoms with Crippen molar-refractivity contribution in [2.75, 3.05) is 5.32 Å². The summed E-state index contributed by atoms with van der Waals surface area (Å²) in [5.74, 6) is -1.01. The molecule has 2 rings (SSSR count). The number of nitrogens with one attached hydrogen (secondary N) is 1. The molecule has 0 fully saturated rings. The minimum atomic E-state index is -1.01. The molecule has 0 atom stereocenters. The first kappa shape index (κ1) is 13.2. The van der Waals surface area contributed by atoms with Crippen LogP contribution in [-0.2, 0) is 0 Å². The second-order valence-corrected chi connectivity index (χ2v) is 5.31. The molecule has 5 heteroatoms. The van der Waals surface area contributed by atoms with Crippen molar-refractivity contribution in [2.45, 2.75) is 0 Å². The normalized spacial score (nSPS) is 10.1. The van der Waals surface area contributed by atoms with E-state index in [1.54, 1.807) is 12.1 Å². The van der Waals surface area contributed by atoms with E-state index in [4.69, 9.17) is 16.7 Å². The first-order valence-electron chi connectivity index (χ1n) is 5.12. The lowest BCUT2D eigenvalue weighted by molar-refractivity contribution is 0.0698. The molecule has 0 bridgehead atoms. The van der Waals surface area contributed by atoms with Gasteiger partial charge in [-0.2, -0.15) is 0 Å². The summed E-state index contributed by atoms with van der Waals surface area (Å²) in [5, 5.41) is 12.6. The standard InChI is InChI=1S/C13H9ClINO2/c14-8-1-6-12(11(7-8)13(17)18)16-10-4-2-9(15)3-5-10/h1-7,16H,(H,17,18). The van der Waals surface area contributed by atoms with Crippen LogP contribution in [0.4, 0.5) is 11.4 Å². The number of carbonyl (C=O) groups is 1. The van der Waals surface area contributed by atoms with E-state index in [-0.39, 0.29) is 5.56 Å². The van der Waals surface area contributed by atoms with Gasteiger partial charge in [0.2, 0.25) is 0 Å². The average Bonchev–Trinajstić information content (AvgIpc) is 2.34. The van der Waals surface area contributed by atoms with E-state index in [2.05, 4.69) is 27.9 Å². The van der Waals surface area contributed by atoms with Crippen LogP contribution in [0.5, 0.6) is 0 Å². The van der Waals surface area contributed by atoms with Crippen LogP contribution < -0.4 is 5.32 Å². The zero-order valence-electron chi connectivity index (χ0n) is 9.15. The third-order valence-corrected chi connectivity index (χ3v) is 3.29. The van der Waals surface area contributed by atoms with Gasteiger partial charge in [0.05, 0.1) is 11.3 Å². The Morgan fingerprint density at radius 1 is 1.17 bits per heavy atom. The van der Waals surface area contributed by atoms with Crippen molar-refractivity contribution >= 4 is 51.5 Å². The molecule has 0 spiro atoms. The van der Waals surface area contributed by atoms with Crippen LogP contribution in [-0.4, -0.2) is 11.1 Å². The van der Waals surface area contributed by atoms with Crippen molar-refractivity contribution in [2.24, 2.45) is 0 Å². The summed E-state index contributed by atoms with van der Waals surface area (Å²) in [5.41, 5.74) is 1.51. The molecule has 0 aliphatic heterocycles. The summed E-state index contributed by atoms with van der Waals surface area (Å²) < 4.78 is 1.12. The Hall–Kier alpha value is -1.27. The van der Waals surface area contributed by atoms with Gasteiger partial charge in [0, 0.05) is 14.3 Å². The largest absolute Gasteiger partial charge is 0.478 e. The first-order chi connectivity index (χ1) is 8.56. The van der Waals surface area contributed by atoms with Gasteiger partial charge in [0.1, 0.15) is 0 Å². The highest BCUT2D eigenvalue weighted by molar-refractivity contribution is 14.1. The van der Waals surface area contributed by atoms with E-state index in [1.165, 1.54) is 6.07 Å². The number of carboxylic acids is 1. The first-order valence-corrected chi connectivity index (χ1v) is 6.57. The molecule has 0 aliphatic rings. The number of carboxylic acid groups (broad SMARTS) is 1. The molecule has 2 N–H and O–H groups in total. The zero-order valence-corrected chi connectivity index (χ0v) is 12.1. The van der Waals surface area contributed by atoms with Gasteiger partial charge in [-0.3, -0.25) is 0 Å². The van der Waals surface area contributed by atoms with E-state index in [9.17, 15) is 4.79 Å². The number of aromatic carboxylic acids is 1. The topological polar surface area (TPSA) is 49.3 Å². The van der Waals surface area contributed by atoms with Crippen LogP contribution in [0.3, 0.4) is 0 Å². The van der Waals surface area contributed by atoms with E-state index < -0.39 is 5.97 Å². The molecule has 92 valence electrons. The van der Waals surface area contributed by atoms with Crippen LogP contribution in [0.25, 0.3) is 0 Å². The van der Waals surface area contributed by atoms with Gasteiger partial charge in [0.25, 0.3) is 0 Å². The molecule has 0 unspecified atom stereocenters. The van der Waals surface area contributed by atoms with Gasteiger partial charge >= 0.3 is 5.97 Å². The van der Waals surface area contributed by atoms with E-state index in [0.717, 1.165) is 9.26 Å². The third-order valence-electron chi connectivity index (χ3n) is 2.34. The van der Waals surface area contributed by atoms with Gasteiger partial charge in [0.15, 0.2) is 0 Å². The fourth-order valence-corrected chi connectivity index (χ4v) is 2.02. The van der Waals surface area contributed by atoms with Crippen molar-refractivity contribution < 1.29 is 9.90 Å². The van der Waals surface area contributed by atoms with Gasteiger partial charge < -0.3 is 10.4 Å². The van der Waals surface area contributed by atoms with Gasteiger partial charge in [-0.1, -0.05) is 11.6 Å². The number of hydrogen-bond donors (Lipinski definition) is 2. The Labute approximate surface area is 123 Å². The van der Waals surface area contributed by atoms with Gasteiger partial charge in [-0.25, -0.2) is 4.79 Å². The Morgan fingerprint density at radius 3 is 2.44 bits per heavy atom. The Bertz CT molecular complexity index is 584. The van der Waals surface area contributed by atoms with Crippen LogP contribution in [0.15, 0.2) is 42.5 Å². The predicted octanol–water partition coefficient (Wildman–Crippen LogP) is 4.39. The smallest absolute Gasteiger partial charge is 0.337 e. The monoisotopic (exact) mass is 373 g/mol. The minimum absolute atomic E-state index is 0.154. The van der Waals surface area contributed by atoms with Crippen LogP contribution >= 0.6 is 34.2 Å². The highest BCUT2D eigenvalue weighted by Crippen LogP contribution is 2.24. The summed E-state index contributed by atoms with van der Waals surface area (Å²) >= 11 is 8.00. The highest BCUT2D eigenvalue weighted by Gasteiger charge is 2.10. The quantitative estimate of drug-likeness (QED) is 0.785. The SMILES string of the molecule is O=C(O)c1cc(Cl)ccc1Nc1ccc(I)cc1. The fourth-order valence-electron chi connectivity index (χ4n) is 1.49. The summed E-state index contributed by atoms with van der Waals surface area (Å²) in [4.78, 5) is 11.1. The van der Waals surface area contributed by atoms with E-state index >= 15 is 0 Å². The summed E-state index contributed by atoms with van der Waals surface area (Å²) in [6.07, 6.45) is 0. The fraction of sp³-hybridized carbons (Fsp3) is 0. The number of hydrogen-bond acceptors (Lipinski definition) is 2. The molecule has 3 nitrogen and oxygen atoms in total. The molecular formula is C13H9ClINO2. The second kappa shape index (κ2) is 5.58. The van der Waals surface area contributed by atoms with Crippen LogP contribution in [0.2, 0.25) is 5.02 Å². The Balaban J connectivity index is 2.34. The maximum atomic E-state index is 11.1. The lowest BCUT2D eigenvalue weighted by Crippen LogP contribution is -2.02. The molecule has 0 saturated heterocycles. The highest BCUT2D eigenvalue weighted by atomic mass is 127. The maximum absolute atomic E-state index is 11.1. The molecule has 0 radical (unpaired) electrons. The van der Waals surface area contributed by atoms with Crippen molar-refractivity contribution in [1.82, 2.24) is 0 Å². The minimum Gasteiger partial charge on any atom is -0.478 e. The Morgan fingerprint density at radius 2 is 1.83 bits per heavy atom. The van der Waals surface area contributed by atoms with Crippen molar-refractivity contribution in [3.63, 3.8) is 0 Å². The molecule has 0 amide bonds. The molecule has 0 aliphatic carbocycles. The van der Waals surface area contributed by atoms with Gasteiger partial charge in [-0.15, -0.1) is 0 Å². The summed E-state index contributed by atoms with van der Waals surface area (Å²) in [6, 6.07) is 12.4. The molecular weight excluding hydrogens is 365 g/mol. The number of anilines is 2. The zero-order chi connectivity index (χ0) is 13.1. The summed E-state index contributed by atoms with van der Waals surface area (Å²) in [7, 11) is 0. The van der Waals surface area contributed by atoms with Crippen LogP contribution in [0.1, 0.15) is 10.4 Å². The predicted molar refractivity (Wildman–Crippen MR) is 80.9 cm³/mol. The molecule has 0 heterocycles.